The summed E-state index contributed by atoms with van der Waals surface area (Å²) >= 11 is 5.85. The number of benzene rings is 1. The molecule has 0 spiro atoms. The Morgan fingerprint density at radius 2 is 2.14 bits per heavy atom. The van der Waals surface area contributed by atoms with Crippen LogP contribution in [0, 0.1) is 0 Å². The molecule has 0 unspecified atom stereocenters. The van der Waals surface area contributed by atoms with Crippen molar-refractivity contribution in [3.8, 4) is 0 Å². The summed E-state index contributed by atoms with van der Waals surface area (Å²) < 4.78 is 5.11. The number of nitrogens with one attached hydrogen (secondary N) is 2. The molecule has 0 atom stereocenters. The van der Waals surface area contributed by atoms with E-state index in [1.807, 2.05) is 30.3 Å². The number of fused-ring (bicyclic) bond motifs is 1. The zero-order valence-corrected chi connectivity index (χ0v) is 12.3. The van der Waals surface area contributed by atoms with E-state index in [1.54, 1.807) is 6.07 Å². The monoisotopic (exact) mass is 316 g/mol. The first-order valence-corrected chi connectivity index (χ1v) is 7.03. The number of ether oxygens (including phenoxy) is 1. The number of halogens is 1. The van der Waals surface area contributed by atoms with Crippen molar-refractivity contribution in [3.05, 3.63) is 59.0 Å². The number of hydrogen-bond acceptors (Lipinski definition) is 4. The summed E-state index contributed by atoms with van der Waals surface area (Å²) in [5.74, 6) is 0.585. The Bertz CT molecular complexity index is 789. The first kappa shape index (κ1) is 14.3. The van der Waals surface area contributed by atoms with Gasteiger partial charge in [-0.2, -0.15) is 0 Å². The van der Waals surface area contributed by atoms with E-state index in [1.165, 1.54) is 6.20 Å². The average molecular weight is 317 g/mol. The molecule has 2 aromatic heterocycles. The number of carbonyl (C=O) groups is 1. The van der Waals surface area contributed by atoms with Crippen LogP contribution < -0.4 is 5.32 Å². The first-order chi connectivity index (χ1) is 10.7. The highest BCUT2D eigenvalue weighted by molar-refractivity contribution is 6.31. The molecule has 3 aromatic rings. The lowest BCUT2D eigenvalue weighted by atomic mass is 10.2. The fourth-order valence-corrected chi connectivity index (χ4v) is 2.10. The van der Waals surface area contributed by atoms with Gasteiger partial charge in [-0.1, -0.05) is 41.9 Å². The minimum Gasteiger partial charge on any atom is -0.445 e. The van der Waals surface area contributed by atoms with E-state index < -0.39 is 6.09 Å². The fourth-order valence-electron chi connectivity index (χ4n) is 1.94. The quantitative estimate of drug-likeness (QED) is 0.775. The summed E-state index contributed by atoms with van der Waals surface area (Å²) in [4.78, 5) is 23.0. The first-order valence-electron chi connectivity index (χ1n) is 6.65. The predicted octanol–water partition coefficient (Wildman–Crippen LogP) is 3.04. The van der Waals surface area contributed by atoms with Crippen LogP contribution in [-0.4, -0.2) is 21.0 Å². The van der Waals surface area contributed by atoms with Crippen molar-refractivity contribution in [1.29, 1.82) is 0 Å². The smallest absolute Gasteiger partial charge is 0.407 e. The van der Waals surface area contributed by atoms with Crippen molar-refractivity contribution in [3.63, 3.8) is 0 Å². The van der Waals surface area contributed by atoms with Gasteiger partial charge in [-0.15, -0.1) is 0 Å². The van der Waals surface area contributed by atoms with Crippen molar-refractivity contribution < 1.29 is 9.53 Å². The molecule has 3 rings (SSSR count). The van der Waals surface area contributed by atoms with E-state index >= 15 is 0 Å². The number of H-pyrrole nitrogens is 1. The Morgan fingerprint density at radius 3 is 2.95 bits per heavy atom. The van der Waals surface area contributed by atoms with Gasteiger partial charge in [0.2, 0.25) is 0 Å². The topological polar surface area (TPSA) is 79.9 Å². The molecule has 0 aliphatic heterocycles. The Hall–Kier alpha value is -2.60. The maximum atomic E-state index is 11.6. The number of hydrogen-bond donors (Lipinski definition) is 2. The van der Waals surface area contributed by atoms with E-state index in [9.17, 15) is 4.79 Å². The number of nitrogens with zero attached hydrogens (tertiary/aromatic N) is 2. The molecule has 0 fully saturated rings. The molecule has 2 heterocycles. The summed E-state index contributed by atoms with van der Waals surface area (Å²) in [7, 11) is 0. The van der Waals surface area contributed by atoms with Gasteiger partial charge < -0.3 is 15.0 Å². The molecule has 1 amide bonds. The van der Waals surface area contributed by atoms with Crippen LogP contribution in [0.25, 0.3) is 11.2 Å². The molecular weight excluding hydrogens is 304 g/mol. The third-order valence-electron chi connectivity index (χ3n) is 2.97. The van der Waals surface area contributed by atoms with Gasteiger partial charge >= 0.3 is 6.09 Å². The van der Waals surface area contributed by atoms with Gasteiger partial charge in [-0.3, -0.25) is 0 Å². The minimum atomic E-state index is -0.504. The lowest BCUT2D eigenvalue weighted by Crippen LogP contribution is -2.24. The number of rotatable bonds is 4. The molecular formula is C15H13ClN4O2. The molecule has 112 valence electrons. The summed E-state index contributed by atoms with van der Waals surface area (Å²) in [5.41, 5.74) is 2.21. The molecule has 0 radical (unpaired) electrons. The lowest BCUT2D eigenvalue weighted by Gasteiger charge is -2.05. The highest BCUT2D eigenvalue weighted by atomic mass is 35.5. The highest BCUT2D eigenvalue weighted by Gasteiger charge is 2.07. The Morgan fingerprint density at radius 1 is 1.32 bits per heavy atom. The van der Waals surface area contributed by atoms with E-state index in [0.717, 1.165) is 11.1 Å². The summed E-state index contributed by atoms with van der Waals surface area (Å²) in [6, 6.07) is 11.2. The van der Waals surface area contributed by atoms with Crippen molar-refractivity contribution in [2.24, 2.45) is 0 Å². The van der Waals surface area contributed by atoms with Crippen molar-refractivity contribution in [2.75, 3.05) is 0 Å². The summed E-state index contributed by atoms with van der Waals surface area (Å²) in [5, 5.41) is 3.15. The van der Waals surface area contributed by atoms with Gasteiger partial charge in [-0.25, -0.2) is 14.8 Å². The van der Waals surface area contributed by atoms with E-state index in [2.05, 4.69) is 20.3 Å². The predicted molar refractivity (Wildman–Crippen MR) is 82.4 cm³/mol. The molecule has 7 heteroatoms. The lowest BCUT2D eigenvalue weighted by molar-refractivity contribution is 0.139. The largest absolute Gasteiger partial charge is 0.445 e. The van der Waals surface area contributed by atoms with Crippen molar-refractivity contribution in [2.45, 2.75) is 13.2 Å². The van der Waals surface area contributed by atoms with Gasteiger partial charge in [-0.05, 0) is 11.6 Å². The third-order valence-corrected chi connectivity index (χ3v) is 3.17. The van der Waals surface area contributed by atoms with E-state index in [0.29, 0.717) is 16.5 Å². The number of carbonyl (C=O) groups excluding carboxylic acids is 1. The zero-order chi connectivity index (χ0) is 15.4. The van der Waals surface area contributed by atoms with Crippen LogP contribution in [0.15, 0.2) is 42.6 Å². The van der Waals surface area contributed by atoms with E-state index in [4.69, 9.17) is 16.3 Å². The SMILES string of the molecule is O=C(NCc1nc2ncc(Cl)cc2[nH]1)OCc1ccccc1. The van der Waals surface area contributed by atoms with Crippen LogP contribution >= 0.6 is 11.6 Å². The molecule has 2 N–H and O–H groups in total. The highest BCUT2D eigenvalue weighted by Crippen LogP contribution is 2.14. The molecule has 22 heavy (non-hydrogen) atoms. The van der Waals surface area contributed by atoms with Gasteiger partial charge in [0.05, 0.1) is 17.1 Å². The van der Waals surface area contributed by atoms with Gasteiger partial charge in [0.15, 0.2) is 5.65 Å². The molecule has 1 aromatic carbocycles. The van der Waals surface area contributed by atoms with Crippen LogP contribution in [0.5, 0.6) is 0 Å². The van der Waals surface area contributed by atoms with Crippen LogP contribution in [0.1, 0.15) is 11.4 Å². The summed E-state index contributed by atoms with van der Waals surface area (Å²) in [6.45, 7) is 0.450. The Balaban J connectivity index is 1.53. The molecule has 0 saturated heterocycles. The number of alkyl carbamates (subject to hydrolysis) is 1. The van der Waals surface area contributed by atoms with Crippen LogP contribution in [-0.2, 0) is 17.9 Å². The average Bonchev–Trinajstić information content (AvgIpc) is 2.94. The number of pyridine rings is 1. The van der Waals surface area contributed by atoms with Crippen molar-refractivity contribution in [1.82, 2.24) is 20.3 Å². The fraction of sp³-hybridized carbons (Fsp3) is 0.133. The second kappa shape index (κ2) is 6.44. The third kappa shape index (κ3) is 3.53. The Kier molecular flexibility index (Phi) is 4.20. The zero-order valence-electron chi connectivity index (χ0n) is 11.5. The second-order valence-corrected chi connectivity index (χ2v) is 5.06. The minimum absolute atomic E-state index is 0.224. The van der Waals surface area contributed by atoms with Gasteiger partial charge in [0.25, 0.3) is 0 Å². The van der Waals surface area contributed by atoms with Crippen molar-refractivity contribution >= 4 is 28.9 Å². The number of amides is 1. The molecule has 0 aliphatic carbocycles. The maximum absolute atomic E-state index is 11.6. The van der Waals surface area contributed by atoms with Crippen LogP contribution in [0.2, 0.25) is 5.02 Å². The maximum Gasteiger partial charge on any atom is 0.407 e. The molecule has 0 aliphatic rings. The van der Waals surface area contributed by atoms with E-state index in [-0.39, 0.29) is 13.2 Å². The van der Waals surface area contributed by atoms with Crippen LogP contribution in [0.4, 0.5) is 4.79 Å². The van der Waals surface area contributed by atoms with Crippen LogP contribution in [0.3, 0.4) is 0 Å². The molecule has 6 nitrogen and oxygen atoms in total. The standard InChI is InChI=1S/C15H13ClN4O2/c16-11-6-12-14(17-7-11)20-13(19-12)8-18-15(21)22-9-10-4-2-1-3-5-10/h1-7H,8-9H2,(H,18,21)(H,17,19,20). The second-order valence-electron chi connectivity index (χ2n) is 4.62. The van der Waals surface area contributed by atoms with Gasteiger partial charge in [0, 0.05) is 6.20 Å². The van der Waals surface area contributed by atoms with Gasteiger partial charge in [0.1, 0.15) is 12.4 Å². The number of aromatic amines is 1. The summed E-state index contributed by atoms with van der Waals surface area (Å²) in [6.07, 6.45) is 1.02. The molecule has 0 saturated carbocycles. The number of imidazole rings is 1. The molecule has 0 bridgehead atoms. The number of aromatic nitrogens is 3. The Labute approximate surface area is 131 Å². The normalized spacial score (nSPS) is 10.6.